The third-order valence-corrected chi connectivity index (χ3v) is 5.08. The van der Waals surface area contributed by atoms with Crippen LogP contribution in [-0.2, 0) is 22.1 Å². The zero-order chi connectivity index (χ0) is 14.8. The molecule has 0 atom stereocenters. The van der Waals surface area contributed by atoms with Crippen molar-refractivity contribution < 1.29 is 12.8 Å². The van der Waals surface area contributed by atoms with Crippen LogP contribution in [0.15, 0.2) is 51.8 Å². The number of rotatable bonds is 4. The van der Waals surface area contributed by atoms with Gasteiger partial charge in [-0.1, -0.05) is 28.1 Å². The third-order valence-electron chi connectivity index (χ3n) is 2.87. The molecule has 2 aromatic rings. The SMILES string of the molecule is NCc1ccc(CS(=O)(=O)c2ccc(Br)cc2)c(F)c1. The summed E-state index contributed by atoms with van der Waals surface area (Å²) in [6.45, 7) is 0.219. The fourth-order valence-corrected chi connectivity index (χ4v) is 3.39. The average Bonchev–Trinajstić information content (AvgIpc) is 2.41. The largest absolute Gasteiger partial charge is 0.326 e. The van der Waals surface area contributed by atoms with E-state index in [2.05, 4.69) is 15.9 Å². The summed E-state index contributed by atoms with van der Waals surface area (Å²) in [7, 11) is -3.56. The summed E-state index contributed by atoms with van der Waals surface area (Å²) < 4.78 is 39.0. The van der Waals surface area contributed by atoms with E-state index in [0.717, 1.165) is 4.47 Å². The molecule has 0 saturated carbocycles. The summed E-state index contributed by atoms with van der Waals surface area (Å²) in [6.07, 6.45) is 0. The van der Waals surface area contributed by atoms with E-state index in [1.165, 1.54) is 24.3 Å². The van der Waals surface area contributed by atoms with Crippen LogP contribution in [0.1, 0.15) is 11.1 Å². The minimum atomic E-state index is -3.56. The maximum Gasteiger partial charge on any atom is 0.182 e. The van der Waals surface area contributed by atoms with E-state index in [1.54, 1.807) is 18.2 Å². The van der Waals surface area contributed by atoms with Crippen LogP contribution in [-0.4, -0.2) is 8.42 Å². The molecule has 6 heteroatoms. The highest BCUT2D eigenvalue weighted by molar-refractivity contribution is 9.10. The number of benzene rings is 2. The Hall–Kier alpha value is -1.24. The quantitative estimate of drug-likeness (QED) is 0.914. The van der Waals surface area contributed by atoms with Crippen molar-refractivity contribution in [2.24, 2.45) is 5.73 Å². The molecule has 0 fully saturated rings. The highest BCUT2D eigenvalue weighted by atomic mass is 79.9. The average molecular weight is 358 g/mol. The Morgan fingerprint density at radius 3 is 2.30 bits per heavy atom. The molecule has 2 N–H and O–H groups in total. The molecule has 20 heavy (non-hydrogen) atoms. The van der Waals surface area contributed by atoms with Gasteiger partial charge in [-0.2, -0.15) is 0 Å². The van der Waals surface area contributed by atoms with Gasteiger partial charge in [-0.15, -0.1) is 0 Å². The van der Waals surface area contributed by atoms with Crippen molar-refractivity contribution in [3.63, 3.8) is 0 Å². The zero-order valence-corrected chi connectivity index (χ0v) is 12.9. The normalized spacial score (nSPS) is 11.6. The van der Waals surface area contributed by atoms with Crippen LogP contribution in [0, 0.1) is 5.82 Å². The Morgan fingerprint density at radius 2 is 1.75 bits per heavy atom. The molecular weight excluding hydrogens is 345 g/mol. The van der Waals surface area contributed by atoms with Crippen LogP contribution in [0.5, 0.6) is 0 Å². The first-order valence-electron chi connectivity index (χ1n) is 5.88. The minimum Gasteiger partial charge on any atom is -0.326 e. The van der Waals surface area contributed by atoms with Crippen molar-refractivity contribution in [3.05, 3.63) is 63.9 Å². The van der Waals surface area contributed by atoms with Crippen molar-refractivity contribution in [2.45, 2.75) is 17.2 Å². The van der Waals surface area contributed by atoms with Crippen LogP contribution in [0.4, 0.5) is 4.39 Å². The molecule has 2 rings (SSSR count). The van der Waals surface area contributed by atoms with Gasteiger partial charge in [0.1, 0.15) is 5.82 Å². The molecule has 0 aromatic heterocycles. The van der Waals surface area contributed by atoms with E-state index in [0.29, 0.717) is 5.56 Å². The van der Waals surface area contributed by atoms with Crippen molar-refractivity contribution in [1.82, 2.24) is 0 Å². The molecule has 0 unspecified atom stereocenters. The van der Waals surface area contributed by atoms with Gasteiger partial charge in [0.25, 0.3) is 0 Å². The number of hydrogen-bond donors (Lipinski definition) is 1. The number of halogens is 2. The molecular formula is C14H13BrFNO2S. The molecule has 0 radical (unpaired) electrons. The van der Waals surface area contributed by atoms with E-state index >= 15 is 0 Å². The molecule has 3 nitrogen and oxygen atoms in total. The Bertz CT molecular complexity index is 714. The van der Waals surface area contributed by atoms with Gasteiger partial charge in [0.05, 0.1) is 10.6 Å². The van der Waals surface area contributed by atoms with Crippen molar-refractivity contribution in [3.8, 4) is 0 Å². The Kier molecular flexibility index (Phi) is 4.57. The van der Waals surface area contributed by atoms with E-state index in [-0.39, 0.29) is 22.8 Å². The molecule has 0 bridgehead atoms. The fourth-order valence-electron chi connectivity index (χ4n) is 1.76. The van der Waals surface area contributed by atoms with Crippen LogP contribution in [0.3, 0.4) is 0 Å². The zero-order valence-electron chi connectivity index (χ0n) is 10.5. The molecule has 0 spiro atoms. The van der Waals surface area contributed by atoms with Gasteiger partial charge in [0.15, 0.2) is 9.84 Å². The van der Waals surface area contributed by atoms with Crippen LogP contribution >= 0.6 is 15.9 Å². The summed E-state index contributed by atoms with van der Waals surface area (Å²) in [5.41, 5.74) is 6.19. The molecule has 106 valence electrons. The molecule has 0 amide bonds. The second kappa shape index (κ2) is 6.03. The number of sulfone groups is 1. The summed E-state index contributed by atoms with van der Waals surface area (Å²) in [5.74, 6) is -0.917. The van der Waals surface area contributed by atoms with Gasteiger partial charge in [0, 0.05) is 16.6 Å². The van der Waals surface area contributed by atoms with Gasteiger partial charge in [-0.25, -0.2) is 12.8 Å². The first kappa shape index (κ1) is 15.2. The van der Waals surface area contributed by atoms with E-state index in [1.807, 2.05) is 0 Å². The van der Waals surface area contributed by atoms with E-state index < -0.39 is 15.7 Å². The summed E-state index contributed by atoms with van der Waals surface area (Å²) in [6, 6.07) is 10.6. The Morgan fingerprint density at radius 1 is 1.10 bits per heavy atom. The molecule has 0 saturated heterocycles. The lowest BCUT2D eigenvalue weighted by molar-refractivity contribution is 0.586. The molecule has 0 aliphatic carbocycles. The molecule has 2 aromatic carbocycles. The first-order chi connectivity index (χ1) is 9.42. The fraction of sp³-hybridized carbons (Fsp3) is 0.143. The monoisotopic (exact) mass is 357 g/mol. The lowest BCUT2D eigenvalue weighted by atomic mass is 10.1. The second-order valence-electron chi connectivity index (χ2n) is 4.34. The topological polar surface area (TPSA) is 60.2 Å². The highest BCUT2D eigenvalue weighted by Gasteiger charge is 2.17. The van der Waals surface area contributed by atoms with Crippen LogP contribution < -0.4 is 5.73 Å². The third kappa shape index (κ3) is 3.45. The van der Waals surface area contributed by atoms with Crippen LogP contribution in [0.2, 0.25) is 0 Å². The minimum absolute atomic E-state index is 0.144. The lowest BCUT2D eigenvalue weighted by Gasteiger charge is -2.07. The highest BCUT2D eigenvalue weighted by Crippen LogP contribution is 2.21. The summed E-state index contributed by atoms with van der Waals surface area (Å²) in [5, 5.41) is 0. The lowest BCUT2D eigenvalue weighted by Crippen LogP contribution is -2.07. The second-order valence-corrected chi connectivity index (χ2v) is 7.25. The van der Waals surface area contributed by atoms with E-state index in [4.69, 9.17) is 5.73 Å². The first-order valence-corrected chi connectivity index (χ1v) is 8.32. The molecule has 0 heterocycles. The summed E-state index contributed by atoms with van der Waals surface area (Å²) >= 11 is 3.24. The smallest absolute Gasteiger partial charge is 0.182 e. The maximum absolute atomic E-state index is 13.8. The number of nitrogens with two attached hydrogens (primary N) is 1. The van der Waals surface area contributed by atoms with Crippen molar-refractivity contribution in [2.75, 3.05) is 0 Å². The molecule has 0 aliphatic rings. The summed E-state index contributed by atoms with van der Waals surface area (Å²) in [4.78, 5) is 0.169. The Labute approximate surface area is 125 Å². The predicted molar refractivity (Wildman–Crippen MR) is 79.3 cm³/mol. The van der Waals surface area contributed by atoms with Crippen LogP contribution in [0.25, 0.3) is 0 Å². The van der Waals surface area contributed by atoms with Gasteiger partial charge in [-0.3, -0.25) is 0 Å². The van der Waals surface area contributed by atoms with Crippen molar-refractivity contribution >= 4 is 25.8 Å². The van der Waals surface area contributed by atoms with Gasteiger partial charge in [-0.05, 0) is 35.9 Å². The standard InChI is InChI=1S/C14H13BrFNO2S/c15-12-3-5-13(6-4-12)20(18,19)9-11-2-1-10(8-17)7-14(11)16/h1-7H,8-9,17H2. The predicted octanol–water partition coefficient (Wildman–Crippen LogP) is 3.02. The van der Waals surface area contributed by atoms with Gasteiger partial charge < -0.3 is 5.73 Å². The number of hydrogen-bond acceptors (Lipinski definition) is 3. The van der Waals surface area contributed by atoms with Gasteiger partial charge >= 0.3 is 0 Å². The van der Waals surface area contributed by atoms with Gasteiger partial charge in [0.2, 0.25) is 0 Å². The van der Waals surface area contributed by atoms with E-state index in [9.17, 15) is 12.8 Å². The van der Waals surface area contributed by atoms with Crippen molar-refractivity contribution in [1.29, 1.82) is 0 Å². The molecule has 0 aliphatic heterocycles. The Balaban J connectivity index is 2.31. The maximum atomic E-state index is 13.8.